The van der Waals surface area contributed by atoms with Gasteiger partial charge in [-0.3, -0.25) is 14.4 Å². The summed E-state index contributed by atoms with van der Waals surface area (Å²) in [7, 11) is 0. The number of ether oxygens (including phenoxy) is 2. The van der Waals surface area contributed by atoms with E-state index in [0.29, 0.717) is 49.5 Å². The van der Waals surface area contributed by atoms with Crippen LogP contribution in [-0.4, -0.2) is 29.9 Å². The van der Waals surface area contributed by atoms with Crippen molar-refractivity contribution in [2.45, 2.75) is 77.7 Å². The summed E-state index contributed by atoms with van der Waals surface area (Å²) in [4.78, 5) is 37.8. The largest absolute Gasteiger partial charge is 0.466 e. The predicted octanol–water partition coefficient (Wildman–Crippen LogP) is 4.24. The first-order valence-electron chi connectivity index (χ1n) is 12.4. The minimum Gasteiger partial charge on any atom is -0.466 e. The topological polar surface area (TPSA) is 69.7 Å². The highest BCUT2D eigenvalue weighted by molar-refractivity contribution is 5.92. The van der Waals surface area contributed by atoms with Gasteiger partial charge in [0.25, 0.3) is 0 Å². The molecule has 0 aromatic heterocycles. The number of hydrogen-bond acceptors (Lipinski definition) is 5. The molecule has 6 aliphatic rings. The van der Waals surface area contributed by atoms with Crippen LogP contribution < -0.4 is 0 Å². The monoisotopic (exact) mass is 426 g/mol. The summed E-state index contributed by atoms with van der Waals surface area (Å²) < 4.78 is 11.8. The van der Waals surface area contributed by atoms with E-state index in [1.165, 1.54) is 5.57 Å². The third-order valence-corrected chi connectivity index (χ3v) is 10.7. The van der Waals surface area contributed by atoms with Gasteiger partial charge in [-0.05, 0) is 80.6 Å². The van der Waals surface area contributed by atoms with Gasteiger partial charge in [0.2, 0.25) is 0 Å². The van der Waals surface area contributed by atoms with Gasteiger partial charge in [0.15, 0.2) is 5.78 Å². The Bertz CT molecular complexity index is 905. The standard InChI is InChI=1S/C26H34O5/c1-4-30-23(29)17-12-14-11-15(27)5-8-24(14,2)18-6-9-25(3)22(21(17)18)16-13-19(16)26(25)10-7-20(28)31-26/h11,16-19,21-22H,4-10,12-13H2,1-3H3/t16-,17-,18?,19+,21?,22?,24?,25?,26?/m1/s1. The Labute approximate surface area is 184 Å². The minimum atomic E-state index is -0.316. The summed E-state index contributed by atoms with van der Waals surface area (Å²) >= 11 is 0. The number of carbonyl (C=O) groups is 3. The van der Waals surface area contributed by atoms with Crippen LogP contribution in [0.25, 0.3) is 0 Å². The van der Waals surface area contributed by atoms with Crippen molar-refractivity contribution in [2.75, 3.05) is 6.61 Å². The average Bonchev–Trinajstić information content (AvgIpc) is 3.36. The van der Waals surface area contributed by atoms with Crippen LogP contribution in [0.5, 0.6) is 0 Å². The highest BCUT2D eigenvalue weighted by Gasteiger charge is 2.80. The van der Waals surface area contributed by atoms with E-state index in [1.807, 2.05) is 13.0 Å². The highest BCUT2D eigenvalue weighted by Crippen LogP contribution is 2.79. The van der Waals surface area contributed by atoms with Gasteiger partial charge in [0.05, 0.1) is 12.5 Å². The van der Waals surface area contributed by atoms with Crippen LogP contribution in [0.2, 0.25) is 0 Å². The maximum absolute atomic E-state index is 13.3. The molecule has 5 heteroatoms. The van der Waals surface area contributed by atoms with Gasteiger partial charge in [-0.2, -0.15) is 0 Å². The summed E-state index contributed by atoms with van der Waals surface area (Å²) in [6.07, 6.45) is 8.61. The van der Waals surface area contributed by atoms with E-state index in [9.17, 15) is 14.4 Å². The molecule has 0 amide bonds. The SMILES string of the molecule is CCOC(=O)[C@@H]1CC2=CC(=O)CCC2(C)C2CCC3(C)C(C21)[C@@H]1C[C@@H]1C31CCC(=O)O1. The normalized spacial score (nSPS) is 51.9. The Balaban J connectivity index is 1.45. The van der Waals surface area contributed by atoms with Gasteiger partial charge < -0.3 is 9.47 Å². The van der Waals surface area contributed by atoms with E-state index >= 15 is 0 Å². The summed E-state index contributed by atoms with van der Waals surface area (Å²) in [5.41, 5.74) is 0.804. The van der Waals surface area contributed by atoms with Crippen LogP contribution >= 0.6 is 0 Å². The summed E-state index contributed by atoms with van der Waals surface area (Å²) in [5.74, 6) is 1.94. The van der Waals surface area contributed by atoms with Gasteiger partial charge in [-0.15, -0.1) is 0 Å². The lowest BCUT2D eigenvalue weighted by Gasteiger charge is -2.61. The summed E-state index contributed by atoms with van der Waals surface area (Å²) in [6, 6.07) is 0. The summed E-state index contributed by atoms with van der Waals surface area (Å²) in [6.45, 7) is 6.96. The number of esters is 2. The van der Waals surface area contributed by atoms with E-state index < -0.39 is 0 Å². The van der Waals surface area contributed by atoms with Crippen LogP contribution in [0.15, 0.2) is 11.6 Å². The van der Waals surface area contributed by atoms with Crippen molar-refractivity contribution in [3.8, 4) is 0 Å². The molecule has 0 aromatic carbocycles. The van der Waals surface area contributed by atoms with Crippen molar-refractivity contribution in [3.05, 3.63) is 11.6 Å². The first-order valence-corrected chi connectivity index (χ1v) is 12.4. The molecule has 0 bridgehead atoms. The van der Waals surface area contributed by atoms with E-state index in [0.717, 1.165) is 32.1 Å². The number of rotatable bonds is 2. The molecule has 0 aromatic rings. The lowest BCUT2D eigenvalue weighted by molar-refractivity contribution is -0.186. The molecule has 1 aliphatic heterocycles. The predicted molar refractivity (Wildman–Crippen MR) is 113 cm³/mol. The fourth-order valence-corrected chi connectivity index (χ4v) is 9.40. The Morgan fingerprint density at radius 3 is 2.68 bits per heavy atom. The van der Waals surface area contributed by atoms with Crippen LogP contribution in [0.1, 0.15) is 72.1 Å². The molecule has 1 heterocycles. The zero-order valence-electron chi connectivity index (χ0n) is 18.9. The summed E-state index contributed by atoms with van der Waals surface area (Å²) in [5, 5.41) is 0. The molecule has 5 aliphatic carbocycles. The molecule has 6 unspecified atom stereocenters. The van der Waals surface area contributed by atoms with E-state index in [2.05, 4.69) is 13.8 Å². The van der Waals surface area contributed by atoms with Crippen molar-refractivity contribution in [1.82, 2.24) is 0 Å². The van der Waals surface area contributed by atoms with Crippen LogP contribution in [0.3, 0.4) is 0 Å². The van der Waals surface area contributed by atoms with Crippen molar-refractivity contribution < 1.29 is 23.9 Å². The van der Waals surface area contributed by atoms with E-state index in [-0.39, 0.29) is 46.0 Å². The number of carbonyl (C=O) groups excluding carboxylic acids is 3. The zero-order chi connectivity index (χ0) is 21.8. The molecular formula is C26H34O5. The quantitative estimate of drug-likeness (QED) is 0.618. The Hall–Kier alpha value is -1.65. The molecule has 5 nitrogen and oxygen atoms in total. The van der Waals surface area contributed by atoms with Crippen LogP contribution in [0.4, 0.5) is 0 Å². The fourth-order valence-electron chi connectivity index (χ4n) is 9.40. The van der Waals surface area contributed by atoms with Gasteiger partial charge >= 0.3 is 11.9 Å². The third kappa shape index (κ3) is 2.36. The number of fused-ring (bicyclic) bond motifs is 9. The third-order valence-electron chi connectivity index (χ3n) is 10.7. The molecule has 0 radical (unpaired) electrons. The molecule has 4 saturated carbocycles. The van der Waals surface area contributed by atoms with E-state index in [1.54, 1.807) is 0 Å². The lowest BCUT2D eigenvalue weighted by Crippen LogP contribution is -2.59. The molecule has 31 heavy (non-hydrogen) atoms. The number of ketones is 1. The molecule has 9 atom stereocenters. The maximum atomic E-state index is 13.3. The van der Waals surface area contributed by atoms with Gasteiger partial charge in [0.1, 0.15) is 5.60 Å². The van der Waals surface area contributed by atoms with Crippen LogP contribution in [0, 0.1) is 46.3 Å². The van der Waals surface area contributed by atoms with Gasteiger partial charge in [-0.25, -0.2) is 0 Å². The first-order chi connectivity index (χ1) is 14.7. The molecule has 6 rings (SSSR count). The molecular weight excluding hydrogens is 392 g/mol. The Morgan fingerprint density at radius 1 is 1.16 bits per heavy atom. The average molecular weight is 427 g/mol. The Morgan fingerprint density at radius 2 is 1.97 bits per heavy atom. The van der Waals surface area contributed by atoms with Crippen molar-refractivity contribution in [2.24, 2.45) is 46.3 Å². The molecule has 1 saturated heterocycles. The van der Waals surface area contributed by atoms with Crippen LogP contribution in [-0.2, 0) is 23.9 Å². The molecule has 5 fully saturated rings. The van der Waals surface area contributed by atoms with Crippen molar-refractivity contribution in [1.29, 1.82) is 0 Å². The minimum absolute atomic E-state index is 0.00457. The second-order valence-electron chi connectivity index (χ2n) is 11.7. The molecule has 0 N–H and O–H groups in total. The highest BCUT2D eigenvalue weighted by atomic mass is 16.6. The second kappa shape index (κ2) is 6.23. The van der Waals surface area contributed by atoms with E-state index in [4.69, 9.17) is 9.47 Å². The van der Waals surface area contributed by atoms with Gasteiger partial charge in [-0.1, -0.05) is 19.4 Å². The maximum Gasteiger partial charge on any atom is 0.309 e. The molecule has 168 valence electrons. The number of allylic oxidation sites excluding steroid dienone is 1. The van der Waals surface area contributed by atoms with Crippen molar-refractivity contribution in [3.63, 3.8) is 0 Å². The Kier molecular flexibility index (Phi) is 4.02. The fraction of sp³-hybridized carbons (Fsp3) is 0.808. The second-order valence-corrected chi connectivity index (χ2v) is 11.7. The zero-order valence-corrected chi connectivity index (χ0v) is 18.9. The smallest absolute Gasteiger partial charge is 0.309 e. The first kappa shape index (κ1) is 20.0. The van der Waals surface area contributed by atoms with Gasteiger partial charge in [0, 0.05) is 24.2 Å². The molecule has 1 spiro atoms. The number of hydrogen-bond donors (Lipinski definition) is 0. The lowest BCUT2D eigenvalue weighted by atomic mass is 9.43. The van der Waals surface area contributed by atoms with Crippen molar-refractivity contribution >= 4 is 17.7 Å².